The Morgan fingerprint density at radius 1 is 0.818 bits per heavy atom. The maximum Gasteiger partial charge on any atom is 0.321 e. The number of benzene rings is 2. The number of fused-ring (bicyclic) bond motifs is 1. The van der Waals surface area contributed by atoms with Crippen LogP contribution in [0.15, 0.2) is 60.9 Å². The molecule has 0 saturated carbocycles. The van der Waals surface area contributed by atoms with Gasteiger partial charge in [0.15, 0.2) is 11.5 Å². The summed E-state index contributed by atoms with van der Waals surface area (Å²) < 4.78 is 16.3. The third-order valence-electron chi connectivity index (χ3n) is 3.29. The van der Waals surface area contributed by atoms with E-state index in [1.54, 1.807) is 12.4 Å². The van der Waals surface area contributed by atoms with Gasteiger partial charge >= 0.3 is 6.01 Å². The number of nitrogens with zero attached hydrogens (tertiary/aromatic N) is 2. The highest BCUT2D eigenvalue weighted by Crippen LogP contribution is 2.35. The van der Waals surface area contributed by atoms with Gasteiger partial charge in [-0.05, 0) is 29.8 Å². The van der Waals surface area contributed by atoms with Crippen molar-refractivity contribution in [2.24, 2.45) is 0 Å². The molecule has 2 aromatic carbocycles. The van der Waals surface area contributed by atoms with Crippen molar-refractivity contribution in [1.82, 2.24) is 9.97 Å². The third-order valence-corrected chi connectivity index (χ3v) is 3.29. The van der Waals surface area contributed by atoms with Crippen LogP contribution in [0.2, 0.25) is 0 Å². The molecule has 1 aliphatic heterocycles. The number of rotatable bonds is 3. The predicted molar refractivity (Wildman–Crippen MR) is 80.1 cm³/mol. The SMILES string of the molecule is c1ccc(Oc2ncc(-c3ccc4c(c3)OCO4)cn2)cc1. The molecular formula is C17H12N2O3. The van der Waals surface area contributed by atoms with E-state index < -0.39 is 0 Å². The molecule has 1 aromatic heterocycles. The van der Waals surface area contributed by atoms with Crippen LogP contribution in [0.4, 0.5) is 0 Å². The molecule has 2 heterocycles. The molecule has 22 heavy (non-hydrogen) atoms. The maximum absolute atomic E-state index is 5.58. The molecule has 0 radical (unpaired) electrons. The quantitative estimate of drug-likeness (QED) is 0.737. The van der Waals surface area contributed by atoms with E-state index in [0.29, 0.717) is 11.8 Å². The molecule has 0 N–H and O–H groups in total. The van der Waals surface area contributed by atoms with E-state index in [0.717, 1.165) is 22.6 Å². The Hall–Kier alpha value is -3.08. The van der Waals surface area contributed by atoms with Crippen molar-refractivity contribution >= 4 is 0 Å². The highest BCUT2D eigenvalue weighted by Gasteiger charge is 2.14. The normalized spacial score (nSPS) is 12.2. The smallest absolute Gasteiger partial charge is 0.321 e. The third kappa shape index (κ3) is 2.44. The molecule has 0 atom stereocenters. The summed E-state index contributed by atoms with van der Waals surface area (Å²) in [6.07, 6.45) is 3.45. The van der Waals surface area contributed by atoms with Crippen molar-refractivity contribution in [3.63, 3.8) is 0 Å². The zero-order valence-corrected chi connectivity index (χ0v) is 11.6. The molecule has 4 rings (SSSR count). The molecule has 0 spiro atoms. The average molecular weight is 292 g/mol. The first kappa shape index (κ1) is 12.6. The minimum Gasteiger partial charge on any atom is -0.454 e. The topological polar surface area (TPSA) is 53.5 Å². The molecule has 3 aromatic rings. The van der Waals surface area contributed by atoms with Crippen LogP contribution < -0.4 is 14.2 Å². The summed E-state index contributed by atoms with van der Waals surface area (Å²) in [5.74, 6) is 2.20. The fourth-order valence-corrected chi connectivity index (χ4v) is 2.19. The van der Waals surface area contributed by atoms with Gasteiger partial charge in [-0.15, -0.1) is 0 Å². The van der Waals surface area contributed by atoms with Crippen LogP contribution in [0.5, 0.6) is 23.3 Å². The summed E-state index contributed by atoms with van der Waals surface area (Å²) in [4.78, 5) is 8.48. The van der Waals surface area contributed by atoms with E-state index in [9.17, 15) is 0 Å². The maximum atomic E-state index is 5.58. The lowest BCUT2D eigenvalue weighted by Gasteiger charge is -2.05. The zero-order valence-electron chi connectivity index (χ0n) is 11.6. The molecule has 5 nitrogen and oxygen atoms in total. The van der Waals surface area contributed by atoms with Crippen molar-refractivity contribution in [3.8, 4) is 34.4 Å². The minimum absolute atomic E-state index is 0.263. The van der Waals surface area contributed by atoms with Gasteiger partial charge < -0.3 is 14.2 Å². The van der Waals surface area contributed by atoms with Gasteiger partial charge in [0, 0.05) is 18.0 Å². The molecule has 0 aliphatic carbocycles. The Kier molecular flexibility index (Phi) is 3.08. The molecule has 108 valence electrons. The van der Waals surface area contributed by atoms with Crippen LogP contribution in [0, 0.1) is 0 Å². The average Bonchev–Trinajstić information content (AvgIpc) is 3.04. The molecule has 0 bridgehead atoms. The molecule has 0 unspecified atom stereocenters. The Bertz CT molecular complexity index is 789. The Balaban J connectivity index is 1.57. The van der Waals surface area contributed by atoms with E-state index in [4.69, 9.17) is 14.2 Å². The summed E-state index contributed by atoms with van der Waals surface area (Å²) in [6.45, 7) is 0.263. The summed E-state index contributed by atoms with van der Waals surface area (Å²) >= 11 is 0. The van der Waals surface area contributed by atoms with E-state index in [2.05, 4.69) is 9.97 Å². The van der Waals surface area contributed by atoms with Crippen LogP contribution in [0.25, 0.3) is 11.1 Å². The van der Waals surface area contributed by atoms with Crippen LogP contribution in [-0.4, -0.2) is 16.8 Å². The second-order valence-electron chi connectivity index (χ2n) is 4.74. The first-order valence-corrected chi connectivity index (χ1v) is 6.83. The fraction of sp³-hybridized carbons (Fsp3) is 0.0588. The van der Waals surface area contributed by atoms with E-state index in [1.807, 2.05) is 48.5 Å². The Morgan fingerprint density at radius 2 is 1.59 bits per heavy atom. The van der Waals surface area contributed by atoms with E-state index in [-0.39, 0.29) is 6.79 Å². The zero-order chi connectivity index (χ0) is 14.8. The van der Waals surface area contributed by atoms with Gasteiger partial charge in [0.25, 0.3) is 0 Å². The van der Waals surface area contributed by atoms with Crippen molar-refractivity contribution in [1.29, 1.82) is 0 Å². The second kappa shape index (κ2) is 5.37. The highest BCUT2D eigenvalue weighted by molar-refractivity contribution is 5.66. The summed E-state index contributed by atoms with van der Waals surface area (Å²) in [5.41, 5.74) is 1.86. The fourth-order valence-electron chi connectivity index (χ4n) is 2.19. The van der Waals surface area contributed by atoms with Gasteiger partial charge in [-0.25, -0.2) is 9.97 Å². The Morgan fingerprint density at radius 3 is 2.41 bits per heavy atom. The van der Waals surface area contributed by atoms with Crippen molar-refractivity contribution in [2.75, 3.05) is 6.79 Å². The van der Waals surface area contributed by atoms with E-state index >= 15 is 0 Å². The number of hydrogen-bond donors (Lipinski definition) is 0. The lowest BCUT2D eigenvalue weighted by molar-refractivity contribution is 0.174. The number of ether oxygens (including phenoxy) is 3. The largest absolute Gasteiger partial charge is 0.454 e. The van der Waals surface area contributed by atoms with Crippen molar-refractivity contribution < 1.29 is 14.2 Å². The molecule has 0 amide bonds. The minimum atomic E-state index is 0.263. The summed E-state index contributed by atoms with van der Waals surface area (Å²) in [7, 11) is 0. The number of hydrogen-bond acceptors (Lipinski definition) is 5. The van der Waals surface area contributed by atoms with Crippen LogP contribution in [0.3, 0.4) is 0 Å². The number of aromatic nitrogens is 2. The van der Waals surface area contributed by atoms with Gasteiger partial charge in [0.1, 0.15) is 5.75 Å². The highest BCUT2D eigenvalue weighted by atomic mass is 16.7. The predicted octanol–water partition coefficient (Wildman–Crippen LogP) is 3.66. The number of para-hydroxylation sites is 1. The molecule has 1 aliphatic rings. The van der Waals surface area contributed by atoms with Crippen LogP contribution >= 0.6 is 0 Å². The molecular weight excluding hydrogens is 280 g/mol. The molecule has 0 saturated heterocycles. The van der Waals surface area contributed by atoms with E-state index in [1.165, 1.54) is 0 Å². The summed E-state index contributed by atoms with van der Waals surface area (Å²) in [6, 6.07) is 15.5. The van der Waals surface area contributed by atoms with Gasteiger partial charge in [-0.1, -0.05) is 24.3 Å². The lowest BCUT2D eigenvalue weighted by Crippen LogP contribution is -1.93. The molecule has 5 heteroatoms. The van der Waals surface area contributed by atoms with Gasteiger partial charge in [0.2, 0.25) is 6.79 Å². The second-order valence-corrected chi connectivity index (χ2v) is 4.74. The molecule has 0 fully saturated rings. The van der Waals surface area contributed by atoms with Gasteiger partial charge in [-0.3, -0.25) is 0 Å². The Labute approximate surface area is 127 Å². The van der Waals surface area contributed by atoms with Gasteiger partial charge in [0.05, 0.1) is 0 Å². The van der Waals surface area contributed by atoms with Crippen LogP contribution in [-0.2, 0) is 0 Å². The lowest BCUT2D eigenvalue weighted by atomic mass is 10.1. The summed E-state index contributed by atoms with van der Waals surface area (Å²) in [5, 5.41) is 0. The van der Waals surface area contributed by atoms with Crippen molar-refractivity contribution in [3.05, 3.63) is 60.9 Å². The first-order valence-electron chi connectivity index (χ1n) is 6.83. The first-order chi connectivity index (χ1) is 10.9. The van der Waals surface area contributed by atoms with Gasteiger partial charge in [-0.2, -0.15) is 0 Å². The van der Waals surface area contributed by atoms with Crippen molar-refractivity contribution in [2.45, 2.75) is 0 Å². The standard InChI is InChI=1S/C17H12N2O3/c1-2-4-14(5-3-1)22-17-18-9-13(10-19-17)12-6-7-15-16(8-12)21-11-20-15/h1-10H,11H2. The monoisotopic (exact) mass is 292 g/mol. The van der Waals surface area contributed by atoms with Crippen LogP contribution in [0.1, 0.15) is 0 Å².